The van der Waals surface area contributed by atoms with Gasteiger partial charge in [-0.05, 0) is 0 Å². The Morgan fingerprint density at radius 3 is 1.81 bits per heavy atom. The summed E-state index contributed by atoms with van der Waals surface area (Å²) in [4.78, 5) is 0. The van der Waals surface area contributed by atoms with Crippen molar-refractivity contribution in [1.29, 1.82) is 0 Å². The summed E-state index contributed by atoms with van der Waals surface area (Å²) >= 11 is -0.660. The molecule has 0 fully saturated rings. The van der Waals surface area contributed by atoms with Crippen molar-refractivity contribution in [2.45, 2.75) is 38.3 Å². The van der Waals surface area contributed by atoms with E-state index >= 15 is 0 Å². The van der Waals surface area contributed by atoms with E-state index in [1.54, 1.807) is 0 Å². The molecule has 1 aliphatic carbocycles. The van der Waals surface area contributed by atoms with Gasteiger partial charge >= 0.3 is 155 Å². The zero-order chi connectivity index (χ0) is 17.3. The van der Waals surface area contributed by atoms with Gasteiger partial charge in [-0.1, -0.05) is 0 Å². The summed E-state index contributed by atoms with van der Waals surface area (Å²) in [5.41, 5.74) is 8.24. The van der Waals surface area contributed by atoms with Gasteiger partial charge in [-0.15, -0.1) is 0 Å². The summed E-state index contributed by atoms with van der Waals surface area (Å²) < 4.78 is 6.58. The van der Waals surface area contributed by atoms with Crippen molar-refractivity contribution in [2.75, 3.05) is 0 Å². The van der Waals surface area contributed by atoms with Crippen LogP contribution in [0.15, 0.2) is 76.9 Å². The maximum Gasteiger partial charge on any atom is -1.00 e. The molecule has 136 valence electrons. The summed E-state index contributed by atoms with van der Waals surface area (Å²) in [5.74, 6) is 1.01. The van der Waals surface area contributed by atoms with Crippen LogP contribution in [-0.2, 0) is 19.5 Å². The van der Waals surface area contributed by atoms with Gasteiger partial charge in [0.05, 0.1) is 0 Å². The van der Waals surface area contributed by atoms with Crippen molar-refractivity contribution < 1.29 is 47.7 Å². The van der Waals surface area contributed by atoms with Gasteiger partial charge in [0, 0.05) is 0 Å². The molecule has 26 heavy (non-hydrogen) atoms. The second-order valence-corrected chi connectivity index (χ2v) is 8.89. The van der Waals surface area contributed by atoms with Gasteiger partial charge in [0.2, 0.25) is 0 Å². The minimum atomic E-state index is -0.660. The van der Waals surface area contributed by atoms with E-state index in [1.807, 2.05) is 6.07 Å². The molecule has 0 bridgehead atoms. The topological polar surface area (TPSA) is 9.23 Å². The van der Waals surface area contributed by atoms with Crippen LogP contribution in [0.3, 0.4) is 0 Å². The Morgan fingerprint density at radius 1 is 0.731 bits per heavy atom. The summed E-state index contributed by atoms with van der Waals surface area (Å²) in [6.45, 7) is 11.4. The Bertz CT molecular complexity index is 801. The maximum atomic E-state index is 6.47. The molecule has 0 aliphatic heterocycles. The first kappa shape index (κ1) is 23.1. The van der Waals surface area contributed by atoms with E-state index < -0.39 is 19.5 Å². The number of benzene rings is 2. The van der Waals surface area contributed by atoms with Crippen LogP contribution in [-0.4, -0.2) is 0 Å². The monoisotopic (exact) mass is 422 g/mol. The minimum absolute atomic E-state index is 0. The van der Waals surface area contributed by atoms with E-state index in [-0.39, 0.29) is 28.5 Å². The molecule has 2 aromatic carbocycles. The van der Waals surface area contributed by atoms with Gasteiger partial charge in [-0.3, -0.25) is 0 Å². The van der Waals surface area contributed by atoms with Crippen LogP contribution >= 0.6 is 0 Å². The molecule has 2 aromatic rings. The number of hydrogen-bond donors (Lipinski definition) is 0. The summed E-state index contributed by atoms with van der Waals surface area (Å²) in [7, 11) is 0. The van der Waals surface area contributed by atoms with Crippen LogP contribution in [0, 0.1) is 0 Å². The fourth-order valence-corrected chi connectivity index (χ4v) is 5.15. The maximum absolute atomic E-state index is 6.47. The standard InChI is InChI=1S/C12H10O.C10H15.2ClH.Ti/c13-12-9-5-4-8-11(12)10-6-2-1-3-7-10;1-6-7(2)9(4)10(5)8(6)3;;;/h1-9,13H;1-5H3;2*1H;/q;;;;+3/p-3. The molecule has 0 atom stereocenters. The van der Waals surface area contributed by atoms with Crippen LogP contribution < -0.4 is 28.1 Å². The van der Waals surface area contributed by atoms with Crippen LogP contribution in [0.4, 0.5) is 0 Å². The quantitative estimate of drug-likeness (QED) is 0.655. The molecule has 0 radical (unpaired) electrons. The van der Waals surface area contributed by atoms with Gasteiger partial charge in [0.15, 0.2) is 0 Å². The average molecular weight is 423 g/mol. The third kappa shape index (κ3) is 4.12. The molecule has 0 N–H and O–H groups in total. The van der Waals surface area contributed by atoms with Crippen molar-refractivity contribution in [1.82, 2.24) is 0 Å². The largest absolute Gasteiger partial charge is 1.00 e. The van der Waals surface area contributed by atoms with Crippen LogP contribution in [0.5, 0.6) is 5.75 Å². The van der Waals surface area contributed by atoms with Crippen molar-refractivity contribution in [3.05, 3.63) is 76.9 Å². The van der Waals surface area contributed by atoms with E-state index in [0.29, 0.717) is 0 Å². The van der Waals surface area contributed by atoms with E-state index in [2.05, 4.69) is 83.1 Å². The zero-order valence-electron chi connectivity index (χ0n) is 15.9. The molecule has 1 nitrogen and oxygen atoms in total. The second kappa shape index (κ2) is 9.28. The van der Waals surface area contributed by atoms with E-state index in [0.717, 1.165) is 5.75 Å². The van der Waals surface area contributed by atoms with Gasteiger partial charge in [-0.2, -0.15) is 0 Å². The van der Waals surface area contributed by atoms with Gasteiger partial charge in [-0.25, -0.2) is 0 Å². The molecule has 0 spiro atoms. The van der Waals surface area contributed by atoms with E-state index in [9.17, 15) is 0 Å². The van der Waals surface area contributed by atoms with E-state index in [1.165, 1.54) is 33.4 Å². The molecule has 0 unspecified atom stereocenters. The molecular formula is C22H24Cl2OTi. The number of hydrogen-bond acceptors (Lipinski definition) is 1. The molecule has 0 saturated heterocycles. The Morgan fingerprint density at radius 2 is 1.23 bits per heavy atom. The average Bonchev–Trinajstić information content (AvgIpc) is 2.77. The first-order valence-corrected chi connectivity index (χ1v) is 9.81. The Kier molecular flexibility index (Phi) is 8.23. The predicted octanol–water partition coefficient (Wildman–Crippen LogP) is 0.603. The molecular weight excluding hydrogens is 399 g/mol. The Labute approximate surface area is 179 Å². The van der Waals surface area contributed by atoms with Gasteiger partial charge in [0.25, 0.3) is 0 Å². The summed E-state index contributed by atoms with van der Waals surface area (Å²) in [6.07, 6.45) is 0. The Hall–Kier alpha value is -0.986. The number of para-hydroxylation sites is 1. The zero-order valence-corrected chi connectivity index (χ0v) is 18.9. The smallest absolute Gasteiger partial charge is 1.00 e. The van der Waals surface area contributed by atoms with E-state index in [4.69, 9.17) is 3.32 Å². The minimum Gasteiger partial charge on any atom is -1.00 e. The molecule has 0 saturated carbocycles. The van der Waals surface area contributed by atoms with Crippen molar-refractivity contribution >= 4 is 0 Å². The van der Waals surface area contributed by atoms with Crippen molar-refractivity contribution in [2.24, 2.45) is 0 Å². The van der Waals surface area contributed by atoms with Gasteiger partial charge in [0.1, 0.15) is 0 Å². The predicted molar refractivity (Wildman–Crippen MR) is 97.6 cm³/mol. The van der Waals surface area contributed by atoms with Crippen molar-refractivity contribution in [3.63, 3.8) is 0 Å². The van der Waals surface area contributed by atoms with Gasteiger partial charge < -0.3 is 24.8 Å². The molecule has 3 rings (SSSR count). The third-order valence-electron chi connectivity index (χ3n) is 5.52. The first-order chi connectivity index (χ1) is 11.4. The fourth-order valence-electron chi connectivity index (χ4n) is 3.32. The number of rotatable bonds is 4. The third-order valence-corrected chi connectivity index (χ3v) is 7.84. The molecule has 0 amide bonds. The SMILES string of the molecule is CC1=C(C)[C](C)([Ti+2][O]c2ccccc2-c2ccccc2)C(C)=C1C.[Cl-].[Cl-]. The second-order valence-electron chi connectivity index (χ2n) is 6.69. The fraction of sp³-hybridized carbons (Fsp3) is 0.273. The van der Waals surface area contributed by atoms with Crippen LogP contribution in [0.2, 0.25) is 3.72 Å². The summed E-state index contributed by atoms with van der Waals surface area (Å²) in [5, 5.41) is 0. The normalized spacial score (nSPS) is 15.1. The summed E-state index contributed by atoms with van der Waals surface area (Å²) in [6, 6.07) is 18.9. The number of halogens is 2. The molecule has 0 heterocycles. The number of allylic oxidation sites excluding steroid dienone is 4. The molecule has 4 heteroatoms. The Balaban J connectivity index is 0.00000169. The first-order valence-electron chi connectivity index (χ1n) is 8.40. The van der Waals surface area contributed by atoms with Crippen molar-refractivity contribution in [3.8, 4) is 16.9 Å². The molecule has 0 aromatic heterocycles. The van der Waals surface area contributed by atoms with Crippen LogP contribution in [0.1, 0.15) is 34.6 Å². The van der Waals surface area contributed by atoms with Crippen LogP contribution in [0.25, 0.3) is 11.1 Å². The molecule has 1 aliphatic rings.